The Labute approximate surface area is 186 Å². The number of aliphatic imine (C=N–C) groups is 1. The Balaban J connectivity index is 0.00000392. The third kappa shape index (κ3) is 9.53. The number of nitrogens with one attached hydrogen (secondary N) is 2. The van der Waals surface area contributed by atoms with Crippen LogP contribution in [0.3, 0.4) is 0 Å². The van der Waals surface area contributed by atoms with E-state index in [4.69, 9.17) is 4.74 Å². The molecule has 0 bridgehead atoms. The first-order valence-corrected chi connectivity index (χ1v) is 11.4. The van der Waals surface area contributed by atoms with Crippen LogP contribution in [-0.4, -0.2) is 77.2 Å². The van der Waals surface area contributed by atoms with E-state index in [0.717, 1.165) is 32.0 Å². The normalized spacial score (nSPS) is 18.1. The van der Waals surface area contributed by atoms with Crippen molar-refractivity contribution >= 4 is 39.8 Å². The van der Waals surface area contributed by atoms with E-state index in [1.807, 2.05) is 18.2 Å². The summed E-state index contributed by atoms with van der Waals surface area (Å²) in [6.45, 7) is 6.32. The molecule has 160 valence electrons. The van der Waals surface area contributed by atoms with Gasteiger partial charge in [-0.25, -0.2) is 8.42 Å². The van der Waals surface area contributed by atoms with E-state index in [1.165, 1.54) is 5.56 Å². The van der Waals surface area contributed by atoms with E-state index in [1.54, 1.807) is 7.05 Å². The molecule has 1 atom stereocenters. The molecule has 1 aliphatic heterocycles. The van der Waals surface area contributed by atoms with Gasteiger partial charge in [-0.05, 0) is 18.9 Å². The van der Waals surface area contributed by atoms with E-state index >= 15 is 0 Å². The van der Waals surface area contributed by atoms with Crippen molar-refractivity contribution in [2.24, 2.45) is 4.99 Å². The quantitative estimate of drug-likeness (QED) is 0.222. The van der Waals surface area contributed by atoms with E-state index < -0.39 is 9.84 Å². The lowest BCUT2D eigenvalue weighted by atomic mass is 10.1. The monoisotopic (exact) mass is 524 g/mol. The zero-order chi connectivity index (χ0) is 19.5. The van der Waals surface area contributed by atoms with Gasteiger partial charge in [0.1, 0.15) is 0 Å². The molecule has 0 aromatic heterocycles. The maximum absolute atomic E-state index is 11.4. The molecule has 9 heteroatoms. The highest BCUT2D eigenvalue weighted by Gasteiger charge is 2.20. The Hall–Kier alpha value is -0.910. The largest absolute Gasteiger partial charge is 0.374 e. The first-order valence-electron chi connectivity index (χ1n) is 9.54. The number of hydrogen-bond donors (Lipinski definition) is 2. The summed E-state index contributed by atoms with van der Waals surface area (Å²) in [7, 11) is -1.07. The highest BCUT2D eigenvalue weighted by Crippen LogP contribution is 2.15. The number of rotatable bonds is 9. The van der Waals surface area contributed by atoms with Crippen molar-refractivity contribution in [2.75, 3.05) is 57.9 Å². The van der Waals surface area contributed by atoms with Crippen LogP contribution in [0.5, 0.6) is 0 Å². The molecule has 1 aromatic carbocycles. The summed E-state index contributed by atoms with van der Waals surface area (Å²) >= 11 is 0. The van der Waals surface area contributed by atoms with E-state index in [9.17, 15) is 8.42 Å². The molecule has 0 saturated carbocycles. The highest BCUT2D eigenvalue weighted by molar-refractivity contribution is 14.0. The standard InChI is InChI=1S/C19H32N4O3S.HI/c1-17(18-7-4-3-5-8-18)26-14-6-9-21-19(20-2)22-10-11-23-12-15-27(24,25)16-13-23;/h3-5,7-8,17H,6,9-16H2,1-2H3,(H2,20,21,22);1H. The van der Waals surface area contributed by atoms with Crippen molar-refractivity contribution in [1.29, 1.82) is 0 Å². The number of benzene rings is 1. The van der Waals surface area contributed by atoms with Crippen LogP contribution in [0, 0.1) is 0 Å². The van der Waals surface area contributed by atoms with Gasteiger partial charge in [-0.3, -0.25) is 9.89 Å². The van der Waals surface area contributed by atoms with Gasteiger partial charge >= 0.3 is 0 Å². The third-order valence-electron chi connectivity index (χ3n) is 4.63. The average Bonchev–Trinajstić information content (AvgIpc) is 2.68. The number of hydrogen-bond acceptors (Lipinski definition) is 5. The predicted octanol–water partition coefficient (Wildman–Crippen LogP) is 1.67. The fraction of sp³-hybridized carbons (Fsp3) is 0.632. The highest BCUT2D eigenvalue weighted by atomic mass is 127. The molecule has 1 unspecified atom stereocenters. The molecule has 1 aliphatic rings. The molecule has 7 nitrogen and oxygen atoms in total. The molecule has 0 radical (unpaired) electrons. The predicted molar refractivity (Wildman–Crippen MR) is 125 cm³/mol. The van der Waals surface area contributed by atoms with Gasteiger partial charge in [0.15, 0.2) is 15.8 Å². The topological polar surface area (TPSA) is 83.0 Å². The van der Waals surface area contributed by atoms with Crippen LogP contribution in [0.4, 0.5) is 0 Å². The van der Waals surface area contributed by atoms with E-state index in [0.29, 0.717) is 19.7 Å². The van der Waals surface area contributed by atoms with Gasteiger partial charge in [-0.1, -0.05) is 30.3 Å². The smallest absolute Gasteiger partial charge is 0.191 e. The van der Waals surface area contributed by atoms with Gasteiger partial charge in [0.2, 0.25) is 0 Å². The minimum atomic E-state index is -2.81. The number of halogens is 1. The van der Waals surface area contributed by atoms with Crippen molar-refractivity contribution in [3.63, 3.8) is 0 Å². The molecule has 1 fully saturated rings. The minimum absolute atomic E-state index is 0. The zero-order valence-corrected chi connectivity index (χ0v) is 19.9. The lowest BCUT2D eigenvalue weighted by Gasteiger charge is -2.26. The lowest BCUT2D eigenvalue weighted by molar-refractivity contribution is 0.0646. The Morgan fingerprint density at radius 3 is 2.46 bits per heavy atom. The molecule has 1 aromatic rings. The maximum Gasteiger partial charge on any atom is 0.191 e. The number of sulfone groups is 1. The summed E-state index contributed by atoms with van der Waals surface area (Å²) < 4.78 is 28.7. The SMILES string of the molecule is CN=C(NCCCOC(C)c1ccccc1)NCCN1CCS(=O)(=O)CC1.I. The molecule has 1 saturated heterocycles. The van der Waals surface area contributed by atoms with Crippen molar-refractivity contribution < 1.29 is 13.2 Å². The van der Waals surface area contributed by atoms with Crippen molar-refractivity contribution in [2.45, 2.75) is 19.4 Å². The average molecular weight is 524 g/mol. The van der Waals surface area contributed by atoms with Gasteiger partial charge in [0.25, 0.3) is 0 Å². The molecule has 2 N–H and O–H groups in total. The number of nitrogens with zero attached hydrogens (tertiary/aromatic N) is 2. The first kappa shape index (κ1) is 25.1. The second kappa shape index (κ2) is 13.3. The summed E-state index contributed by atoms with van der Waals surface area (Å²) in [5.74, 6) is 1.29. The summed E-state index contributed by atoms with van der Waals surface area (Å²) in [5.41, 5.74) is 1.19. The maximum atomic E-state index is 11.4. The van der Waals surface area contributed by atoms with E-state index in [-0.39, 0.29) is 41.6 Å². The summed E-state index contributed by atoms with van der Waals surface area (Å²) in [4.78, 5) is 6.38. The van der Waals surface area contributed by atoms with Crippen LogP contribution in [0.1, 0.15) is 25.0 Å². The van der Waals surface area contributed by atoms with Gasteiger partial charge in [-0.15, -0.1) is 24.0 Å². The first-order chi connectivity index (χ1) is 13.0. The Morgan fingerprint density at radius 1 is 1.18 bits per heavy atom. The van der Waals surface area contributed by atoms with Gasteiger partial charge in [0, 0.05) is 46.4 Å². The molecule has 2 rings (SSSR count). The molecular weight excluding hydrogens is 491 g/mol. The van der Waals surface area contributed by atoms with Crippen LogP contribution >= 0.6 is 24.0 Å². The van der Waals surface area contributed by atoms with Gasteiger partial charge in [-0.2, -0.15) is 0 Å². The number of guanidine groups is 1. The lowest BCUT2D eigenvalue weighted by Crippen LogP contribution is -2.46. The summed E-state index contributed by atoms with van der Waals surface area (Å²) in [5, 5.41) is 6.55. The van der Waals surface area contributed by atoms with Crippen LogP contribution in [0.25, 0.3) is 0 Å². The fourth-order valence-electron chi connectivity index (χ4n) is 2.89. The van der Waals surface area contributed by atoms with E-state index in [2.05, 4.69) is 39.6 Å². The minimum Gasteiger partial charge on any atom is -0.374 e. The van der Waals surface area contributed by atoms with Gasteiger partial charge in [0.05, 0.1) is 17.6 Å². The van der Waals surface area contributed by atoms with Crippen LogP contribution in [0.2, 0.25) is 0 Å². The Kier molecular flexibility index (Phi) is 12.0. The molecule has 28 heavy (non-hydrogen) atoms. The molecule has 0 aliphatic carbocycles. The van der Waals surface area contributed by atoms with Crippen LogP contribution in [0.15, 0.2) is 35.3 Å². The summed E-state index contributed by atoms with van der Waals surface area (Å²) in [6.07, 6.45) is 0.985. The fourth-order valence-corrected chi connectivity index (χ4v) is 4.16. The Bertz CT molecular complexity index is 672. The molecule has 1 heterocycles. The van der Waals surface area contributed by atoms with Crippen molar-refractivity contribution in [3.05, 3.63) is 35.9 Å². The zero-order valence-electron chi connectivity index (χ0n) is 16.8. The van der Waals surface area contributed by atoms with Crippen LogP contribution < -0.4 is 10.6 Å². The van der Waals surface area contributed by atoms with Gasteiger partial charge < -0.3 is 15.4 Å². The second-order valence-corrected chi connectivity index (χ2v) is 9.00. The van der Waals surface area contributed by atoms with Crippen molar-refractivity contribution in [3.8, 4) is 0 Å². The van der Waals surface area contributed by atoms with Crippen LogP contribution in [-0.2, 0) is 14.6 Å². The molecular formula is C19H33IN4O3S. The second-order valence-electron chi connectivity index (χ2n) is 6.70. The summed E-state index contributed by atoms with van der Waals surface area (Å²) in [6, 6.07) is 10.2. The van der Waals surface area contributed by atoms with Crippen molar-refractivity contribution in [1.82, 2.24) is 15.5 Å². The number of ether oxygens (including phenoxy) is 1. The Morgan fingerprint density at radius 2 is 1.82 bits per heavy atom. The molecule has 0 amide bonds. The third-order valence-corrected chi connectivity index (χ3v) is 6.24. The molecule has 0 spiro atoms.